The van der Waals surface area contributed by atoms with Gasteiger partial charge in [-0.15, -0.1) is 0 Å². The highest BCUT2D eigenvalue weighted by atomic mass is 19.1. The SMILES string of the molecule is CC(CO)c1cccc2cccc(F)c12. The van der Waals surface area contributed by atoms with Crippen LogP contribution in [0.15, 0.2) is 36.4 Å². The zero-order chi connectivity index (χ0) is 10.8. The molecule has 0 bridgehead atoms. The van der Waals surface area contributed by atoms with Gasteiger partial charge >= 0.3 is 0 Å². The van der Waals surface area contributed by atoms with Gasteiger partial charge in [0.05, 0.1) is 0 Å². The maximum atomic E-state index is 13.7. The standard InChI is InChI=1S/C13H13FO/c1-9(8-15)11-6-2-4-10-5-3-7-12(14)13(10)11/h2-7,9,15H,8H2,1H3. The molecule has 2 rings (SSSR count). The van der Waals surface area contributed by atoms with Gasteiger partial charge in [0.15, 0.2) is 0 Å². The van der Waals surface area contributed by atoms with E-state index < -0.39 is 0 Å². The average Bonchev–Trinajstić information content (AvgIpc) is 2.28. The van der Waals surface area contributed by atoms with Crippen LogP contribution in [0.2, 0.25) is 0 Å². The van der Waals surface area contributed by atoms with E-state index in [0.29, 0.717) is 5.39 Å². The Kier molecular flexibility index (Phi) is 2.69. The number of rotatable bonds is 2. The van der Waals surface area contributed by atoms with E-state index in [2.05, 4.69) is 0 Å². The lowest BCUT2D eigenvalue weighted by atomic mass is 9.95. The zero-order valence-electron chi connectivity index (χ0n) is 8.57. The van der Waals surface area contributed by atoms with E-state index in [4.69, 9.17) is 5.11 Å². The van der Waals surface area contributed by atoms with Gasteiger partial charge in [0.2, 0.25) is 0 Å². The lowest BCUT2D eigenvalue weighted by Gasteiger charge is -2.12. The molecule has 0 aliphatic carbocycles. The van der Waals surface area contributed by atoms with Gasteiger partial charge in [-0.1, -0.05) is 37.3 Å². The summed E-state index contributed by atoms with van der Waals surface area (Å²) >= 11 is 0. The van der Waals surface area contributed by atoms with E-state index in [9.17, 15) is 4.39 Å². The minimum Gasteiger partial charge on any atom is -0.396 e. The normalized spacial score (nSPS) is 13.0. The van der Waals surface area contributed by atoms with Gasteiger partial charge in [-0.3, -0.25) is 0 Å². The molecular weight excluding hydrogens is 191 g/mol. The van der Waals surface area contributed by atoms with E-state index in [1.807, 2.05) is 31.2 Å². The number of halogens is 1. The third kappa shape index (κ3) is 1.73. The molecule has 0 aliphatic heterocycles. The monoisotopic (exact) mass is 204 g/mol. The van der Waals surface area contributed by atoms with Crippen molar-refractivity contribution in [2.75, 3.05) is 6.61 Å². The maximum Gasteiger partial charge on any atom is 0.131 e. The summed E-state index contributed by atoms with van der Waals surface area (Å²) in [4.78, 5) is 0. The predicted molar refractivity (Wildman–Crippen MR) is 59.4 cm³/mol. The summed E-state index contributed by atoms with van der Waals surface area (Å²) in [5, 5.41) is 10.6. The second-order valence-corrected chi connectivity index (χ2v) is 3.77. The van der Waals surface area contributed by atoms with Crippen molar-refractivity contribution in [2.24, 2.45) is 0 Å². The van der Waals surface area contributed by atoms with Gasteiger partial charge in [0.25, 0.3) is 0 Å². The molecule has 1 nitrogen and oxygen atoms in total. The topological polar surface area (TPSA) is 20.2 Å². The summed E-state index contributed by atoms with van der Waals surface area (Å²) in [5.41, 5.74) is 0.869. The Morgan fingerprint density at radius 1 is 1.20 bits per heavy atom. The molecule has 0 aliphatic rings. The fraction of sp³-hybridized carbons (Fsp3) is 0.231. The third-order valence-electron chi connectivity index (χ3n) is 2.69. The van der Waals surface area contributed by atoms with E-state index in [1.54, 1.807) is 6.07 Å². The third-order valence-corrected chi connectivity index (χ3v) is 2.69. The summed E-state index contributed by atoms with van der Waals surface area (Å²) in [6.45, 7) is 1.93. The van der Waals surface area contributed by atoms with E-state index in [-0.39, 0.29) is 18.3 Å². The van der Waals surface area contributed by atoms with Crippen molar-refractivity contribution < 1.29 is 9.50 Å². The fourth-order valence-electron chi connectivity index (χ4n) is 1.83. The van der Waals surface area contributed by atoms with Crippen molar-refractivity contribution >= 4 is 10.8 Å². The molecule has 2 heteroatoms. The molecule has 2 aromatic rings. The summed E-state index contributed by atoms with van der Waals surface area (Å²) in [5.74, 6) is -0.256. The molecule has 0 aromatic heterocycles. The van der Waals surface area contributed by atoms with Gasteiger partial charge in [-0.05, 0) is 17.0 Å². The molecule has 1 atom stereocenters. The molecule has 1 N–H and O–H groups in total. The highest BCUT2D eigenvalue weighted by Crippen LogP contribution is 2.27. The van der Waals surface area contributed by atoms with Crippen molar-refractivity contribution in [2.45, 2.75) is 12.8 Å². The smallest absolute Gasteiger partial charge is 0.131 e. The molecule has 0 radical (unpaired) electrons. The van der Waals surface area contributed by atoms with Crippen molar-refractivity contribution in [3.05, 3.63) is 47.8 Å². The summed E-state index contributed by atoms with van der Waals surface area (Å²) < 4.78 is 13.7. The Morgan fingerprint density at radius 2 is 1.87 bits per heavy atom. The van der Waals surface area contributed by atoms with Crippen LogP contribution in [0.1, 0.15) is 18.4 Å². The average molecular weight is 204 g/mol. The van der Waals surface area contributed by atoms with E-state index in [1.165, 1.54) is 6.07 Å². The summed E-state index contributed by atoms with van der Waals surface area (Å²) in [7, 11) is 0. The Balaban J connectivity index is 2.74. The fourth-order valence-corrected chi connectivity index (χ4v) is 1.83. The maximum absolute atomic E-state index is 13.7. The van der Waals surface area contributed by atoms with Crippen LogP contribution in [-0.2, 0) is 0 Å². The second-order valence-electron chi connectivity index (χ2n) is 3.77. The van der Waals surface area contributed by atoms with Crippen molar-refractivity contribution in [1.29, 1.82) is 0 Å². The molecule has 0 saturated carbocycles. The van der Waals surface area contributed by atoms with Crippen LogP contribution in [0.4, 0.5) is 4.39 Å². The number of aliphatic hydroxyl groups excluding tert-OH is 1. The highest BCUT2D eigenvalue weighted by Gasteiger charge is 2.10. The van der Waals surface area contributed by atoms with Crippen molar-refractivity contribution in [3.8, 4) is 0 Å². The van der Waals surface area contributed by atoms with Gasteiger partial charge in [0.1, 0.15) is 5.82 Å². The van der Waals surface area contributed by atoms with E-state index in [0.717, 1.165) is 10.9 Å². The van der Waals surface area contributed by atoms with Gasteiger partial charge in [-0.25, -0.2) is 4.39 Å². The molecule has 0 fully saturated rings. The number of benzene rings is 2. The molecule has 15 heavy (non-hydrogen) atoms. The minimum absolute atomic E-state index is 0.0352. The molecular formula is C13H13FO. The van der Waals surface area contributed by atoms with Crippen LogP contribution in [0, 0.1) is 5.82 Å². The van der Waals surface area contributed by atoms with Gasteiger partial charge < -0.3 is 5.11 Å². The van der Waals surface area contributed by atoms with Gasteiger partial charge in [-0.2, -0.15) is 0 Å². The molecule has 2 aromatic carbocycles. The molecule has 0 amide bonds. The van der Waals surface area contributed by atoms with E-state index >= 15 is 0 Å². The van der Waals surface area contributed by atoms with Crippen LogP contribution >= 0.6 is 0 Å². The van der Waals surface area contributed by atoms with Crippen molar-refractivity contribution in [1.82, 2.24) is 0 Å². The summed E-state index contributed by atoms with van der Waals surface area (Å²) in [6, 6.07) is 10.7. The molecule has 0 heterocycles. The van der Waals surface area contributed by atoms with Crippen LogP contribution < -0.4 is 0 Å². The largest absolute Gasteiger partial charge is 0.396 e. The first-order valence-electron chi connectivity index (χ1n) is 5.02. The summed E-state index contributed by atoms with van der Waals surface area (Å²) in [6.07, 6.45) is 0. The first kappa shape index (κ1) is 10.1. The lowest BCUT2D eigenvalue weighted by molar-refractivity contribution is 0.273. The Labute approximate surface area is 88.2 Å². The van der Waals surface area contributed by atoms with Crippen LogP contribution in [0.25, 0.3) is 10.8 Å². The molecule has 1 unspecified atom stereocenters. The second kappa shape index (κ2) is 3.99. The number of fused-ring (bicyclic) bond motifs is 1. The first-order valence-corrected chi connectivity index (χ1v) is 5.02. The lowest BCUT2D eigenvalue weighted by Crippen LogP contribution is -2.00. The predicted octanol–water partition coefficient (Wildman–Crippen LogP) is 3.07. The van der Waals surface area contributed by atoms with Crippen molar-refractivity contribution in [3.63, 3.8) is 0 Å². The first-order chi connectivity index (χ1) is 7.24. The number of hydrogen-bond donors (Lipinski definition) is 1. The number of aliphatic hydroxyl groups is 1. The quantitative estimate of drug-likeness (QED) is 0.797. The van der Waals surface area contributed by atoms with Crippen LogP contribution in [-0.4, -0.2) is 11.7 Å². The zero-order valence-corrected chi connectivity index (χ0v) is 8.57. The Morgan fingerprint density at radius 3 is 2.53 bits per heavy atom. The minimum atomic E-state index is -0.219. The van der Waals surface area contributed by atoms with Gasteiger partial charge in [0, 0.05) is 17.9 Å². The van der Waals surface area contributed by atoms with Crippen LogP contribution in [0.3, 0.4) is 0 Å². The Hall–Kier alpha value is -1.41. The molecule has 0 spiro atoms. The molecule has 78 valence electrons. The Bertz CT molecular complexity index is 474. The number of hydrogen-bond acceptors (Lipinski definition) is 1. The molecule has 0 saturated heterocycles. The highest BCUT2D eigenvalue weighted by molar-refractivity contribution is 5.86. The van der Waals surface area contributed by atoms with Crippen LogP contribution in [0.5, 0.6) is 0 Å².